The first-order chi connectivity index (χ1) is 7.29. The van der Waals surface area contributed by atoms with Crippen LogP contribution >= 0.6 is 11.3 Å². The van der Waals surface area contributed by atoms with E-state index in [4.69, 9.17) is 5.26 Å². The van der Waals surface area contributed by atoms with Gasteiger partial charge in [0.15, 0.2) is 0 Å². The molecule has 0 N–H and O–H groups in total. The van der Waals surface area contributed by atoms with Crippen molar-refractivity contribution in [1.29, 1.82) is 5.26 Å². The summed E-state index contributed by atoms with van der Waals surface area (Å²) in [5.74, 6) is 0. The molecule has 0 saturated carbocycles. The summed E-state index contributed by atoms with van der Waals surface area (Å²) in [6, 6.07) is 4.47. The Morgan fingerprint density at radius 1 is 1.47 bits per heavy atom. The number of aryl methyl sites for hydroxylation is 3. The molecule has 1 aliphatic carbocycles. The molecular weight excluding hydrogens is 204 g/mol. The van der Waals surface area contributed by atoms with Crippen LogP contribution in [0.5, 0.6) is 0 Å². The van der Waals surface area contributed by atoms with Gasteiger partial charge in [0, 0.05) is 11.1 Å². The molecule has 2 aromatic heterocycles. The average Bonchev–Trinajstić information content (AvgIpc) is 2.80. The second kappa shape index (κ2) is 3.04. The van der Waals surface area contributed by atoms with Gasteiger partial charge >= 0.3 is 0 Å². The van der Waals surface area contributed by atoms with Crippen molar-refractivity contribution in [3.05, 3.63) is 27.8 Å². The Kier molecular flexibility index (Phi) is 1.80. The Morgan fingerprint density at radius 3 is 3.13 bits per heavy atom. The van der Waals surface area contributed by atoms with Gasteiger partial charge in [-0.25, -0.2) is 4.98 Å². The molecular formula is C12H10N2S. The van der Waals surface area contributed by atoms with Crippen molar-refractivity contribution < 1.29 is 0 Å². The highest BCUT2D eigenvalue weighted by Crippen LogP contribution is 2.32. The maximum Gasteiger partial charge on any atom is 0.125 e. The average molecular weight is 214 g/mol. The standard InChI is InChI=1S/C12H10N2S/c1-7-9-5-8-3-2-4-10(8)14-12(9)15-11(7)6-13/h5H,2-4H2,1H3. The van der Waals surface area contributed by atoms with Crippen LogP contribution < -0.4 is 0 Å². The van der Waals surface area contributed by atoms with E-state index in [1.165, 1.54) is 34.4 Å². The first-order valence-electron chi connectivity index (χ1n) is 5.11. The zero-order valence-corrected chi connectivity index (χ0v) is 9.32. The number of nitriles is 1. The van der Waals surface area contributed by atoms with Crippen LogP contribution in [-0.4, -0.2) is 4.98 Å². The van der Waals surface area contributed by atoms with Crippen molar-refractivity contribution in [2.75, 3.05) is 0 Å². The summed E-state index contributed by atoms with van der Waals surface area (Å²) < 4.78 is 0. The SMILES string of the molecule is Cc1c(C#N)sc2nc3c(cc12)CCC3. The quantitative estimate of drug-likeness (QED) is 0.676. The minimum atomic E-state index is 0.807. The third-order valence-corrected chi connectivity index (χ3v) is 4.17. The molecule has 1 aliphatic rings. The van der Waals surface area contributed by atoms with Crippen LogP contribution in [0.1, 0.15) is 28.1 Å². The van der Waals surface area contributed by atoms with E-state index < -0.39 is 0 Å². The fraction of sp³-hybridized carbons (Fsp3) is 0.333. The largest absolute Gasteiger partial charge is 0.242 e. The number of hydrogen-bond acceptors (Lipinski definition) is 3. The number of aromatic nitrogens is 1. The highest BCUT2D eigenvalue weighted by atomic mass is 32.1. The number of thiophene rings is 1. The fourth-order valence-electron chi connectivity index (χ4n) is 2.20. The molecule has 0 amide bonds. The summed E-state index contributed by atoms with van der Waals surface area (Å²) in [5.41, 5.74) is 3.72. The van der Waals surface area contributed by atoms with E-state index in [0.717, 1.165) is 28.1 Å². The van der Waals surface area contributed by atoms with Crippen LogP contribution in [-0.2, 0) is 12.8 Å². The van der Waals surface area contributed by atoms with Gasteiger partial charge in [-0.1, -0.05) is 0 Å². The van der Waals surface area contributed by atoms with E-state index in [-0.39, 0.29) is 0 Å². The zero-order chi connectivity index (χ0) is 10.4. The molecule has 2 nitrogen and oxygen atoms in total. The Morgan fingerprint density at radius 2 is 2.33 bits per heavy atom. The summed E-state index contributed by atoms with van der Waals surface area (Å²) in [6.07, 6.45) is 3.48. The molecule has 74 valence electrons. The van der Waals surface area contributed by atoms with Gasteiger partial charge in [-0.15, -0.1) is 11.3 Å². The summed E-state index contributed by atoms with van der Waals surface area (Å²) in [6.45, 7) is 2.01. The lowest BCUT2D eigenvalue weighted by Gasteiger charge is -1.98. The van der Waals surface area contributed by atoms with Gasteiger partial charge in [0.05, 0.1) is 0 Å². The monoisotopic (exact) mass is 214 g/mol. The lowest BCUT2D eigenvalue weighted by Crippen LogP contribution is -1.87. The van der Waals surface area contributed by atoms with Gasteiger partial charge < -0.3 is 0 Å². The van der Waals surface area contributed by atoms with Crippen molar-refractivity contribution in [2.45, 2.75) is 26.2 Å². The fourth-order valence-corrected chi connectivity index (χ4v) is 3.18. The molecule has 0 bridgehead atoms. The Bertz CT molecular complexity index is 590. The summed E-state index contributed by atoms with van der Waals surface area (Å²) >= 11 is 1.52. The van der Waals surface area contributed by atoms with Crippen LogP contribution in [0.3, 0.4) is 0 Å². The normalized spacial score (nSPS) is 14.1. The molecule has 3 rings (SSSR count). The molecule has 2 aromatic rings. The number of pyridine rings is 1. The minimum absolute atomic E-state index is 0.807. The van der Waals surface area contributed by atoms with Gasteiger partial charge in [-0.05, 0) is 43.4 Å². The summed E-state index contributed by atoms with van der Waals surface area (Å²) in [7, 11) is 0. The third kappa shape index (κ3) is 1.18. The molecule has 0 atom stereocenters. The Labute approximate surface area is 92.2 Å². The highest BCUT2D eigenvalue weighted by Gasteiger charge is 2.16. The predicted octanol–water partition coefficient (Wildman–Crippen LogP) is 2.97. The van der Waals surface area contributed by atoms with Crippen LogP contribution in [0.15, 0.2) is 6.07 Å². The van der Waals surface area contributed by atoms with Gasteiger partial charge in [0.25, 0.3) is 0 Å². The number of nitrogens with zero attached hydrogens (tertiary/aromatic N) is 2. The molecule has 0 unspecified atom stereocenters. The predicted molar refractivity (Wildman–Crippen MR) is 61.1 cm³/mol. The van der Waals surface area contributed by atoms with Crippen LogP contribution in [0.25, 0.3) is 10.2 Å². The van der Waals surface area contributed by atoms with E-state index >= 15 is 0 Å². The van der Waals surface area contributed by atoms with Crippen LogP contribution in [0.2, 0.25) is 0 Å². The number of hydrogen-bond donors (Lipinski definition) is 0. The minimum Gasteiger partial charge on any atom is -0.242 e. The zero-order valence-electron chi connectivity index (χ0n) is 8.50. The van der Waals surface area contributed by atoms with E-state index in [0.29, 0.717) is 0 Å². The third-order valence-electron chi connectivity index (χ3n) is 3.06. The van der Waals surface area contributed by atoms with Gasteiger partial charge in [-0.3, -0.25) is 0 Å². The van der Waals surface area contributed by atoms with Crippen molar-refractivity contribution in [3.8, 4) is 6.07 Å². The molecule has 0 aromatic carbocycles. The van der Waals surface area contributed by atoms with Crippen molar-refractivity contribution in [3.63, 3.8) is 0 Å². The van der Waals surface area contributed by atoms with E-state index in [1.54, 1.807) is 0 Å². The summed E-state index contributed by atoms with van der Waals surface area (Å²) in [5, 5.41) is 10.1. The molecule has 0 fully saturated rings. The van der Waals surface area contributed by atoms with Crippen LogP contribution in [0, 0.1) is 18.3 Å². The summed E-state index contributed by atoms with van der Waals surface area (Å²) in [4.78, 5) is 6.49. The van der Waals surface area contributed by atoms with Gasteiger partial charge in [-0.2, -0.15) is 5.26 Å². The van der Waals surface area contributed by atoms with Gasteiger partial charge in [0.2, 0.25) is 0 Å². The lowest BCUT2D eigenvalue weighted by atomic mass is 10.1. The highest BCUT2D eigenvalue weighted by molar-refractivity contribution is 7.19. The second-order valence-corrected chi connectivity index (χ2v) is 4.97. The number of rotatable bonds is 0. The van der Waals surface area contributed by atoms with Crippen molar-refractivity contribution in [1.82, 2.24) is 4.98 Å². The molecule has 0 saturated heterocycles. The van der Waals surface area contributed by atoms with Crippen molar-refractivity contribution in [2.24, 2.45) is 0 Å². The van der Waals surface area contributed by atoms with E-state index in [1.807, 2.05) is 6.92 Å². The first-order valence-corrected chi connectivity index (χ1v) is 5.93. The van der Waals surface area contributed by atoms with E-state index in [2.05, 4.69) is 17.1 Å². The topological polar surface area (TPSA) is 36.7 Å². The van der Waals surface area contributed by atoms with Crippen molar-refractivity contribution >= 4 is 21.6 Å². The maximum absolute atomic E-state index is 8.96. The lowest BCUT2D eigenvalue weighted by molar-refractivity contribution is 0.901. The Balaban J connectivity index is 2.37. The maximum atomic E-state index is 8.96. The Hall–Kier alpha value is -1.40. The number of fused-ring (bicyclic) bond motifs is 2. The molecule has 0 aliphatic heterocycles. The molecule has 2 heterocycles. The van der Waals surface area contributed by atoms with Crippen LogP contribution in [0.4, 0.5) is 0 Å². The molecule has 3 heteroatoms. The smallest absolute Gasteiger partial charge is 0.125 e. The molecule has 0 radical (unpaired) electrons. The second-order valence-electron chi connectivity index (χ2n) is 3.97. The van der Waals surface area contributed by atoms with E-state index in [9.17, 15) is 0 Å². The first kappa shape index (κ1) is 8.87. The molecule has 15 heavy (non-hydrogen) atoms. The molecule has 0 spiro atoms. The van der Waals surface area contributed by atoms with Gasteiger partial charge in [0.1, 0.15) is 15.8 Å².